The van der Waals surface area contributed by atoms with Crippen molar-refractivity contribution in [3.63, 3.8) is 0 Å². The molecule has 1 N–H and O–H groups in total. The van der Waals surface area contributed by atoms with Gasteiger partial charge in [0, 0.05) is 6.54 Å². The molecule has 2 aromatic carbocycles. The highest BCUT2D eigenvalue weighted by atomic mass is 19.1. The number of rotatable bonds is 5. The molecule has 23 heavy (non-hydrogen) atoms. The van der Waals surface area contributed by atoms with Crippen molar-refractivity contribution in [2.75, 3.05) is 7.05 Å². The first-order valence-electron chi connectivity index (χ1n) is 7.41. The van der Waals surface area contributed by atoms with E-state index >= 15 is 0 Å². The molecule has 0 unspecified atom stereocenters. The van der Waals surface area contributed by atoms with Crippen molar-refractivity contribution in [2.45, 2.75) is 13.5 Å². The molecule has 0 bridgehead atoms. The largest absolute Gasteiger partial charge is 0.439 e. The molecule has 0 aliphatic carbocycles. The van der Waals surface area contributed by atoms with Crippen LogP contribution in [0.1, 0.15) is 11.3 Å². The van der Waals surface area contributed by atoms with Crippen molar-refractivity contribution < 1.29 is 9.13 Å². The number of benzene rings is 2. The number of aromatic nitrogens is 2. The van der Waals surface area contributed by atoms with Crippen molar-refractivity contribution in [2.24, 2.45) is 0 Å². The summed E-state index contributed by atoms with van der Waals surface area (Å²) < 4.78 is 20.9. The van der Waals surface area contributed by atoms with Gasteiger partial charge in [0.1, 0.15) is 11.6 Å². The minimum Gasteiger partial charge on any atom is -0.439 e. The fourth-order valence-electron chi connectivity index (χ4n) is 2.38. The van der Waals surface area contributed by atoms with Crippen LogP contribution < -0.4 is 10.1 Å². The normalized spacial score (nSPS) is 10.7. The molecule has 0 fully saturated rings. The summed E-state index contributed by atoms with van der Waals surface area (Å²) in [4.78, 5) is 0. The van der Waals surface area contributed by atoms with Gasteiger partial charge in [-0.3, -0.25) is 0 Å². The first-order chi connectivity index (χ1) is 11.2. The van der Waals surface area contributed by atoms with Crippen molar-refractivity contribution in [1.29, 1.82) is 0 Å². The number of hydrogen-bond donors (Lipinski definition) is 1. The third kappa shape index (κ3) is 3.24. The number of para-hydroxylation sites is 1. The molecule has 0 amide bonds. The maximum Gasteiger partial charge on any atom is 0.227 e. The Morgan fingerprint density at radius 2 is 1.78 bits per heavy atom. The summed E-state index contributed by atoms with van der Waals surface area (Å²) in [6.07, 6.45) is 0. The molecule has 0 aliphatic rings. The summed E-state index contributed by atoms with van der Waals surface area (Å²) in [6.45, 7) is 2.58. The smallest absolute Gasteiger partial charge is 0.227 e. The monoisotopic (exact) mass is 311 g/mol. The van der Waals surface area contributed by atoms with Crippen molar-refractivity contribution in [3.05, 3.63) is 71.7 Å². The quantitative estimate of drug-likeness (QED) is 0.778. The molecule has 5 heteroatoms. The molecule has 1 aromatic heterocycles. The minimum atomic E-state index is -0.291. The molecule has 0 aliphatic heterocycles. The van der Waals surface area contributed by atoms with Crippen LogP contribution in [0, 0.1) is 12.7 Å². The average Bonchev–Trinajstić information content (AvgIpc) is 2.87. The van der Waals surface area contributed by atoms with Gasteiger partial charge in [-0.1, -0.05) is 18.2 Å². The first kappa shape index (κ1) is 15.2. The second-order valence-electron chi connectivity index (χ2n) is 5.20. The predicted octanol–water partition coefficient (Wildman–Crippen LogP) is 3.83. The Kier molecular flexibility index (Phi) is 4.39. The molecule has 3 rings (SSSR count). The third-order valence-corrected chi connectivity index (χ3v) is 3.52. The SMILES string of the molecule is CNCc1c(C)nn(-c2ccccc2)c1Oc1ccc(F)cc1. The zero-order valence-corrected chi connectivity index (χ0v) is 13.1. The van der Waals surface area contributed by atoms with Gasteiger partial charge >= 0.3 is 0 Å². The fraction of sp³-hybridized carbons (Fsp3) is 0.167. The van der Waals surface area contributed by atoms with E-state index in [1.54, 1.807) is 16.8 Å². The molecule has 4 nitrogen and oxygen atoms in total. The highest BCUT2D eigenvalue weighted by molar-refractivity contribution is 5.43. The Balaban J connectivity index is 2.06. The van der Waals surface area contributed by atoms with Crippen LogP contribution >= 0.6 is 0 Å². The maximum absolute atomic E-state index is 13.1. The van der Waals surface area contributed by atoms with Crippen LogP contribution in [0.2, 0.25) is 0 Å². The van der Waals surface area contributed by atoms with Crippen molar-refractivity contribution in [1.82, 2.24) is 15.1 Å². The zero-order valence-electron chi connectivity index (χ0n) is 13.1. The van der Waals surface area contributed by atoms with Crippen LogP contribution in [0.3, 0.4) is 0 Å². The fourth-order valence-corrected chi connectivity index (χ4v) is 2.38. The molecular weight excluding hydrogens is 293 g/mol. The van der Waals surface area contributed by atoms with Gasteiger partial charge in [-0.05, 0) is 50.4 Å². The molecule has 0 saturated heterocycles. The van der Waals surface area contributed by atoms with E-state index in [0.29, 0.717) is 18.2 Å². The van der Waals surface area contributed by atoms with Gasteiger partial charge in [0.25, 0.3) is 0 Å². The predicted molar refractivity (Wildman–Crippen MR) is 87.5 cm³/mol. The number of aryl methyl sites for hydroxylation is 1. The zero-order chi connectivity index (χ0) is 16.2. The van der Waals surface area contributed by atoms with E-state index in [2.05, 4.69) is 10.4 Å². The number of nitrogens with zero attached hydrogens (tertiary/aromatic N) is 2. The van der Waals surface area contributed by atoms with E-state index < -0.39 is 0 Å². The molecule has 0 atom stereocenters. The van der Waals surface area contributed by atoms with Crippen LogP contribution in [0.5, 0.6) is 11.6 Å². The van der Waals surface area contributed by atoms with E-state index in [1.165, 1.54) is 12.1 Å². The summed E-state index contributed by atoms with van der Waals surface area (Å²) in [7, 11) is 1.88. The van der Waals surface area contributed by atoms with Gasteiger partial charge in [0.05, 0.1) is 16.9 Å². The second kappa shape index (κ2) is 6.62. The van der Waals surface area contributed by atoms with Crippen molar-refractivity contribution >= 4 is 0 Å². The molecule has 0 spiro atoms. The average molecular weight is 311 g/mol. The van der Waals surface area contributed by atoms with E-state index in [0.717, 1.165) is 16.9 Å². The highest BCUT2D eigenvalue weighted by Crippen LogP contribution is 2.30. The number of nitrogens with one attached hydrogen (secondary N) is 1. The van der Waals surface area contributed by atoms with Gasteiger partial charge in [0.15, 0.2) is 0 Å². The molecule has 0 radical (unpaired) electrons. The lowest BCUT2D eigenvalue weighted by Gasteiger charge is -2.11. The van der Waals surface area contributed by atoms with E-state index in [4.69, 9.17) is 4.74 Å². The standard InChI is InChI=1S/C18H18FN3O/c1-13-17(12-20-2)18(23-16-10-8-14(19)9-11-16)22(21-13)15-6-4-3-5-7-15/h3-11,20H,12H2,1-2H3. The molecule has 1 heterocycles. The van der Waals surface area contributed by atoms with Gasteiger partial charge in [-0.2, -0.15) is 5.10 Å². The molecular formula is C18H18FN3O. The second-order valence-corrected chi connectivity index (χ2v) is 5.20. The Hall–Kier alpha value is -2.66. The topological polar surface area (TPSA) is 39.1 Å². The van der Waals surface area contributed by atoms with Gasteiger partial charge in [-0.25, -0.2) is 9.07 Å². The van der Waals surface area contributed by atoms with Gasteiger partial charge < -0.3 is 10.1 Å². The molecule has 0 saturated carbocycles. The lowest BCUT2D eigenvalue weighted by Crippen LogP contribution is -2.07. The number of halogens is 1. The van der Waals surface area contributed by atoms with Crippen LogP contribution in [-0.2, 0) is 6.54 Å². The van der Waals surface area contributed by atoms with Gasteiger partial charge in [-0.15, -0.1) is 0 Å². The Bertz CT molecular complexity index is 782. The highest BCUT2D eigenvalue weighted by Gasteiger charge is 2.18. The lowest BCUT2D eigenvalue weighted by molar-refractivity contribution is 0.436. The van der Waals surface area contributed by atoms with Crippen molar-refractivity contribution in [3.8, 4) is 17.3 Å². The summed E-state index contributed by atoms with van der Waals surface area (Å²) in [6, 6.07) is 15.8. The van der Waals surface area contributed by atoms with E-state index in [1.807, 2.05) is 44.3 Å². The Morgan fingerprint density at radius 3 is 2.43 bits per heavy atom. The Labute approximate surface area is 134 Å². The lowest BCUT2D eigenvalue weighted by atomic mass is 10.2. The van der Waals surface area contributed by atoms with Crippen LogP contribution in [0.15, 0.2) is 54.6 Å². The van der Waals surface area contributed by atoms with Crippen LogP contribution in [0.25, 0.3) is 5.69 Å². The third-order valence-electron chi connectivity index (χ3n) is 3.52. The first-order valence-corrected chi connectivity index (χ1v) is 7.41. The number of ether oxygens (including phenoxy) is 1. The van der Waals surface area contributed by atoms with Crippen LogP contribution in [-0.4, -0.2) is 16.8 Å². The summed E-state index contributed by atoms with van der Waals surface area (Å²) in [5, 5.41) is 7.72. The molecule has 3 aromatic rings. The molecule has 118 valence electrons. The Morgan fingerprint density at radius 1 is 1.09 bits per heavy atom. The summed E-state index contributed by atoms with van der Waals surface area (Å²) in [5.41, 5.74) is 2.77. The van der Waals surface area contributed by atoms with Gasteiger partial charge in [0.2, 0.25) is 5.88 Å². The van der Waals surface area contributed by atoms with E-state index in [9.17, 15) is 4.39 Å². The summed E-state index contributed by atoms with van der Waals surface area (Å²) in [5.74, 6) is 0.913. The van der Waals surface area contributed by atoms with Crippen LogP contribution in [0.4, 0.5) is 4.39 Å². The summed E-state index contributed by atoms with van der Waals surface area (Å²) >= 11 is 0. The van der Waals surface area contributed by atoms with E-state index in [-0.39, 0.29) is 5.82 Å². The number of hydrogen-bond acceptors (Lipinski definition) is 3. The minimum absolute atomic E-state index is 0.291. The maximum atomic E-state index is 13.1.